The molecule has 0 amide bonds. The molecule has 11 nitrogen and oxygen atoms in total. The van der Waals surface area contributed by atoms with Crippen molar-refractivity contribution in [1.82, 2.24) is 24.2 Å². The standard InChI is InChI=1S/C20H20N6O5S/c21-18-15-19(23-9-22-18)26(10-24-15)20-17(28)16(27)14(31-20)8-25-32(29,30)13-6-5-11-3-1-2-4-12(11)7-13/h1-7,9-10,14,16-17,20,25,27-28H,8H2,(H2,21,22,23)/t14-,16+,17-,20-/m1/s1. The van der Waals surface area contributed by atoms with Crippen LogP contribution < -0.4 is 10.5 Å². The lowest BCUT2D eigenvalue weighted by Crippen LogP contribution is -2.39. The number of ether oxygens (including phenoxy) is 1. The third-order valence-corrected chi connectivity index (χ3v) is 6.93. The zero-order valence-electron chi connectivity index (χ0n) is 16.6. The van der Waals surface area contributed by atoms with Crippen LogP contribution >= 0.6 is 0 Å². The third-order valence-electron chi connectivity index (χ3n) is 5.50. The summed E-state index contributed by atoms with van der Waals surface area (Å²) in [5.74, 6) is 0.168. The molecule has 32 heavy (non-hydrogen) atoms. The number of aliphatic hydroxyl groups excluding tert-OH is 2. The highest BCUT2D eigenvalue weighted by Crippen LogP contribution is 2.32. The fraction of sp³-hybridized carbons (Fsp3) is 0.250. The Balaban J connectivity index is 1.34. The molecule has 1 saturated heterocycles. The van der Waals surface area contributed by atoms with Crippen molar-refractivity contribution < 1.29 is 23.4 Å². The number of anilines is 1. The Bertz CT molecular complexity index is 1410. The summed E-state index contributed by atoms with van der Waals surface area (Å²) in [6, 6.07) is 12.2. The van der Waals surface area contributed by atoms with Crippen molar-refractivity contribution in [3.05, 3.63) is 55.1 Å². The van der Waals surface area contributed by atoms with E-state index < -0.39 is 34.6 Å². The van der Waals surface area contributed by atoms with Gasteiger partial charge in [0, 0.05) is 6.54 Å². The van der Waals surface area contributed by atoms with Gasteiger partial charge in [-0.25, -0.2) is 28.1 Å². The molecule has 3 heterocycles. The highest BCUT2D eigenvalue weighted by atomic mass is 32.2. The normalized spacial score (nSPS) is 23.8. The van der Waals surface area contributed by atoms with Gasteiger partial charge in [0.2, 0.25) is 10.0 Å². The zero-order valence-corrected chi connectivity index (χ0v) is 17.4. The summed E-state index contributed by atoms with van der Waals surface area (Å²) < 4.78 is 35.2. The number of imidazole rings is 1. The molecule has 1 aliphatic rings. The van der Waals surface area contributed by atoms with Gasteiger partial charge in [-0.05, 0) is 22.9 Å². The lowest BCUT2D eigenvalue weighted by atomic mass is 10.1. The largest absolute Gasteiger partial charge is 0.387 e. The van der Waals surface area contributed by atoms with Crippen LogP contribution in [-0.4, -0.2) is 63.0 Å². The minimum atomic E-state index is -3.87. The predicted octanol–water partition coefficient (Wildman–Crippen LogP) is 0.159. The summed E-state index contributed by atoms with van der Waals surface area (Å²) in [4.78, 5) is 12.2. The molecule has 0 unspecified atom stereocenters. The van der Waals surface area contributed by atoms with Crippen molar-refractivity contribution in [1.29, 1.82) is 0 Å². The molecule has 166 valence electrons. The van der Waals surface area contributed by atoms with Gasteiger partial charge in [0.1, 0.15) is 30.2 Å². The molecule has 5 rings (SSSR count). The van der Waals surface area contributed by atoms with Gasteiger partial charge < -0.3 is 20.7 Å². The molecule has 0 saturated carbocycles. The first-order chi connectivity index (χ1) is 15.3. The van der Waals surface area contributed by atoms with E-state index in [1.165, 1.54) is 23.3 Å². The molecule has 2 aromatic carbocycles. The number of aliphatic hydroxyl groups is 2. The lowest BCUT2D eigenvalue weighted by Gasteiger charge is -2.16. The Kier molecular flexibility index (Phi) is 5.03. The number of hydrogen-bond acceptors (Lipinski definition) is 9. The van der Waals surface area contributed by atoms with E-state index in [-0.39, 0.29) is 17.3 Å². The molecule has 2 aromatic heterocycles. The smallest absolute Gasteiger partial charge is 0.240 e. The van der Waals surface area contributed by atoms with Gasteiger partial charge in [0.15, 0.2) is 17.7 Å². The van der Waals surface area contributed by atoms with Crippen molar-refractivity contribution in [2.24, 2.45) is 0 Å². The van der Waals surface area contributed by atoms with Crippen LogP contribution in [-0.2, 0) is 14.8 Å². The Labute approximate surface area is 182 Å². The quantitative estimate of drug-likeness (QED) is 0.327. The van der Waals surface area contributed by atoms with E-state index in [1.54, 1.807) is 12.1 Å². The maximum atomic E-state index is 12.8. The van der Waals surface area contributed by atoms with Gasteiger partial charge in [-0.15, -0.1) is 0 Å². The second-order valence-corrected chi connectivity index (χ2v) is 9.26. The van der Waals surface area contributed by atoms with E-state index in [2.05, 4.69) is 19.7 Å². The van der Waals surface area contributed by atoms with E-state index in [0.717, 1.165) is 10.8 Å². The SMILES string of the molecule is Nc1ncnc2c1ncn2[C@@H]1O[C@H](CNS(=O)(=O)c2ccc3ccccc3c2)[C@H](O)[C@H]1O. The molecule has 4 atom stereocenters. The van der Waals surface area contributed by atoms with Crippen LogP contribution in [0.25, 0.3) is 21.9 Å². The fourth-order valence-corrected chi connectivity index (χ4v) is 4.87. The minimum absolute atomic E-state index is 0.0913. The molecule has 12 heteroatoms. The topological polar surface area (TPSA) is 165 Å². The average molecular weight is 456 g/mol. The first-order valence-corrected chi connectivity index (χ1v) is 11.3. The van der Waals surface area contributed by atoms with Crippen molar-refractivity contribution >= 4 is 37.8 Å². The number of rotatable bonds is 5. The van der Waals surface area contributed by atoms with Crippen LogP contribution in [0.2, 0.25) is 0 Å². The highest BCUT2D eigenvalue weighted by Gasteiger charge is 2.44. The summed E-state index contributed by atoms with van der Waals surface area (Å²) in [7, 11) is -3.87. The van der Waals surface area contributed by atoms with Gasteiger partial charge in [-0.2, -0.15) is 0 Å². The number of nitrogens with zero attached hydrogens (tertiary/aromatic N) is 4. The summed E-state index contributed by atoms with van der Waals surface area (Å²) in [5, 5.41) is 22.7. The first kappa shape index (κ1) is 20.7. The molecule has 1 fully saturated rings. The molecule has 5 N–H and O–H groups in total. The maximum Gasteiger partial charge on any atom is 0.240 e. The second kappa shape index (κ2) is 7.76. The Hall–Kier alpha value is -3.16. The molecule has 0 bridgehead atoms. The maximum absolute atomic E-state index is 12.8. The summed E-state index contributed by atoms with van der Waals surface area (Å²) in [6.45, 7) is -0.242. The molecule has 0 radical (unpaired) electrons. The zero-order chi connectivity index (χ0) is 22.5. The number of hydrogen-bond donors (Lipinski definition) is 4. The molecule has 0 spiro atoms. The van der Waals surface area contributed by atoms with Crippen LogP contribution in [0.3, 0.4) is 0 Å². The molecule has 0 aliphatic carbocycles. The number of nitrogens with one attached hydrogen (secondary N) is 1. The minimum Gasteiger partial charge on any atom is -0.387 e. The van der Waals surface area contributed by atoms with Crippen LogP contribution in [0.15, 0.2) is 60.0 Å². The number of benzene rings is 2. The summed E-state index contributed by atoms with van der Waals surface area (Å²) >= 11 is 0. The predicted molar refractivity (Wildman–Crippen MR) is 115 cm³/mol. The first-order valence-electron chi connectivity index (χ1n) is 9.78. The van der Waals surface area contributed by atoms with Gasteiger partial charge in [0.25, 0.3) is 0 Å². The lowest BCUT2D eigenvalue weighted by molar-refractivity contribution is -0.0330. The average Bonchev–Trinajstić information content (AvgIpc) is 3.34. The van der Waals surface area contributed by atoms with E-state index in [9.17, 15) is 18.6 Å². The molecule has 1 aliphatic heterocycles. The van der Waals surface area contributed by atoms with Gasteiger partial charge in [-0.3, -0.25) is 4.57 Å². The van der Waals surface area contributed by atoms with Crippen molar-refractivity contribution in [3.63, 3.8) is 0 Å². The number of nitrogens with two attached hydrogens (primary N) is 1. The monoisotopic (exact) mass is 456 g/mol. The van der Waals surface area contributed by atoms with E-state index >= 15 is 0 Å². The third kappa shape index (κ3) is 3.47. The van der Waals surface area contributed by atoms with Gasteiger partial charge in [0.05, 0.1) is 11.2 Å². The number of nitrogen functional groups attached to an aromatic ring is 1. The second-order valence-electron chi connectivity index (χ2n) is 7.49. The van der Waals surface area contributed by atoms with E-state index in [4.69, 9.17) is 10.5 Å². The molecular weight excluding hydrogens is 436 g/mol. The van der Waals surface area contributed by atoms with Crippen LogP contribution in [0.4, 0.5) is 5.82 Å². The Morgan fingerprint density at radius 2 is 1.84 bits per heavy atom. The molecular formula is C20H20N6O5S. The molecule has 4 aromatic rings. The van der Waals surface area contributed by atoms with Crippen molar-refractivity contribution in [3.8, 4) is 0 Å². The highest BCUT2D eigenvalue weighted by molar-refractivity contribution is 7.89. The van der Waals surface area contributed by atoms with Gasteiger partial charge >= 0.3 is 0 Å². The van der Waals surface area contributed by atoms with Crippen LogP contribution in [0.1, 0.15) is 6.23 Å². The van der Waals surface area contributed by atoms with E-state index in [0.29, 0.717) is 11.2 Å². The van der Waals surface area contributed by atoms with E-state index in [1.807, 2.05) is 24.3 Å². The van der Waals surface area contributed by atoms with Gasteiger partial charge in [-0.1, -0.05) is 30.3 Å². The number of aromatic nitrogens is 4. The summed E-state index contributed by atoms with van der Waals surface area (Å²) in [5.41, 5.74) is 6.44. The Morgan fingerprint density at radius 3 is 2.66 bits per heavy atom. The fourth-order valence-electron chi connectivity index (χ4n) is 3.79. The van der Waals surface area contributed by atoms with Crippen LogP contribution in [0, 0.1) is 0 Å². The summed E-state index contributed by atoms with van der Waals surface area (Å²) in [6.07, 6.45) is -2.07. The van der Waals surface area contributed by atoms with Crippen molar-refractivity contribution in [2.75, 3.05) is 12.3 Å². The van der Waals surface area contributed by atoms with Crippen LogP contribution in [0.5, 0.6) is 0 Å². The number of sulfonamides is 1. The Morgan fingerprint density at radius 1 is 1.06 bits per heavy atom. The number of fused-ring (bicyclic) bond motifs is 2. The van der Waals surface area contributed by atoms with Crippen molar-refractivity contribution in [2.45, 2.75) is 29.4 Å².